The average molecular weight is 1110 g/mol. The molecule has 1 aliphatic heterocycles. The minimum absolute atomic E-state index is 0.00357. The van der Waals surface area contributed by atoms with Gasteiger partial charge in [-0.2, -0.15) is 0 Å². The molecule has 3 aromatic rings. The van der Waals surface area contributed by atoms with Gasteiger partial charge in [-0.1, -0.05) is 30.3 Å². The molecule has 4 rings (SSSR count). The summed E-state index contributed by atoms with van der Waals surface area (Å²) in [6.45, 7) is 1.23. The third kappa shape index (κ3) is 21.9. The van der Waals surface area contributed by atoms with Crippen LogP contribution in [0, 0.1) is 17.7 Å². The fraction of sp³-hybridized carbons (Fsp3) is 0.510. The zero-order valence-electron chi connectivity index (χ0n) is 43.8. The molecule has 7 amide bonds. The number of carbonyl (C=O) groups is 9. The van der Waals surface area contributed by atoms with E-state index in [9.17, 15) is 56.0 Å². The van der Waals surface area contributed by atoms with Crippen molar-refractivity contribution in [3.05, 3.63) is 71.7 Å². The number of guanidine groups is 2. The van der Waals surface area contributed by atoms with E-state index < -0.39 is 148 Å². The molecule has 0 spiro atoms. The normalized spacial score (nSPS) is 21.2. The van der Waals surface area contributed by atoms with Crippen LogP contribution in [-0.2, 0) is 65.8 Å². The van der Waals surface area contributed by atoms with Gasteiger partial charge in [0.25, 0.3) is 0 Å². The largest absolute Gasteiger partial charge is 0.370 e. The summed E-state index contributed by atoms with van der Waals surface area (Å²) in [5, 5.41) is 16.3. The molecule has 0 unspecified atom stereocenters. The van der Waals surface area contributed by atoms with Gasteiger partial charge in [-0.3, -0.25) is 53.1 Å². The number of rotatable bonds is 19. The van der Waals surface area contributed by atoms with E-state index in [4.69, 9.17) is 28.7 Å². The van der Waals surface area contributed by atoms with Gasteiger partial charge in [0.1, 0.15) is 45.6 Å². The van der Waals surface area contributed by atoms with Crippen molar-refractivity contribution < 1.29 is 56.0 Å². The van der Waals surface area contributed by atoms with Crippen LogP contribution >= 0.6 is 0 Å². The van der Waals surface area contributed by atoms with E-state index in [1.807, 2.05) is 18.2 Å². The van der Waals surface area contributed by atoms with Gasteiger partial charge in [-0.15, -0.1) is 0 Å². The maximum Gasteiger partial charge on any atom is 0.243 e. The predicted molar refractivity (Wildman–Crippen MR) is 288 cm³/mol. The summed E-state index contributed by atoms with van der Waals surface area (Å²) in [7, 11) is -3.83. The number of aliphatic imine (C=N–C) groups is 2. The Hall–Kier alpha value is -7.97. The number of hydrogen-bond donors (Lipinski definition) is 12. The molecule has 2 aromatic carbocycles. The molecule has 0 radical (unpaired) electrons. The molecule has 1 fully saturated rings. The van der Waals surface area contributed by atoms with E-state index in [0.29, 0.717) is 11.1 Å². The standard InChI is InChI=1S/C51H73FN14O11S/c1-29(67)62-38(12-7-22-60-51(56)57)47(73)64-39-17-18-44(70)58-20-6-11-37(45(53)71)63-46(72)32(25-33-28-61-36-10-4-3-9-35(33)36)27-42(68)31(8-5-21-59-50(54)55)26-43(69)41(24-30-13-15-34(52)16-14-30)66-49(75)40(65-48(39)74)19-23-78(2,76)77/h3-4,9-10,13-16,28,31-32,37-41,61H,5-8,11-12,17-27H2,1-2H3,(H2,53,71)(H,58,70)(H,62,67)(H,63,72)(H,64,73)(H,65,74)(H,66,75)(H4,54,55,59)(H4,56,57,60)/t31-,32-,37+,38+,39+,40+,41-/m1/s1. The second-order valence-corrected chi connectivity index (χ2v) is 21.6. The lowest BCUT2D eigenvalue weighted by atomic mass is 9.83. The minimum atomic E-state index is -3.83. The summed E-state index contributed by atoms with van der Waals surface area (Å²) in [5.74, 6) is -11.0. The highest BCUT2D eigenvalue weighted by Crippen LogP contribution is 2.26. The smallest absolute Gasteiger partial charge is 0.243 e. The third-order valence-corrected chi connectivity index (χ3v) is 13.9. The van der Waals surface area contributed by atoms with E-state index in [1.165, 1.54) is 12.1 Å². The number of halogens is 1. The van der Waals surface area contributed by atoms with Crippen molar-refractivity contribution in [2.45, 2.75) is 121 Å². The molecule has 7 atom stereocenters. The minimum Gasteiger partial charge on any atom is -0.370 e. The van der Waals surface area contributed by atoms with Crippen LogP contribution in [-0.4, -0.2) is 140 Å². The summed E-state index contributed by atoms with van der Waals surface area (Å²) in [5.41, 5.74) is 29.6. The number of fused-ring (bicyclic) bond motifs is 1. The van der Waals surface area contributed by atoms with Gasteiger partial charge >= 0.3 is 0 Å². The number of amides is 7. The fourth-order valence-corrected chi connectivity index (χ4v) is 9.48. The number of nitrogens with zero attached hydrogens (tertiary/aromatic N) is 2. The number of hydrogen-bond acceptors (Lipinski definition) is 13. The van der Waals surface area contributed by atoms with Gasteiger partial charge in [-0.05, 0) is 93.5 Å². The molecule has 17 N–H and O–H groups in total. The summed E-state index contributed by atoms with van der Waals surface area (Å²) in [4.78, 5) is 136. The van der Waals surface area contributed by atoms with Crippen molar-refractivity contribution in [1.82, 2.24) is 36.9 Å². The summed E-state index contributed by atoms with van der Waals surface area (Å²) >= 11 is 0. The molecule has 1 aliphatic rings. The summed E-state index contributed by atoms with van der Waals surface area (Å²) in [6.07, 6.45) is 0.360. The van der Waals surface area contributed by atoms with E-state index in [1.54, 1.807) is 12.3 Å². The number of para-hydroxylation sites is 1. The third-order valence-electron chi connectivity index (χ3n) is 12.9. The number of nitrogens with two attached hydrogens (primary N) is 5. The van der Waals surface area contributed by atoms with Gasteiger partial charge in [-0.25, -0.2) is 12.8 Å². The lowest BCUT2D eigenvalue weighted by Gasteiger charge is -2.27. The van der Waals surface area contributed by atoms with Gasteiger partial charge in [0.05, 0.1) is 11.8 Å². The molecule has 0 bridgehead atoms. The number of sulfone groups is 1. The number of Topliss-reactive ketones (excluding diaryl/α,β-unsaturated/α-hetero) is 2. The molecule has 2 heterocycles. The Morgan fingerprint density at radius 1 is 0.769 bits per heavy atom. The van der Waals surface area contributed by atoms with E-state index in [-0.39, 0.29) is 82.9 Å². The Bertz CT molecular complexity index is 2780. The molecule has 426 valence electrons. The second kappa shape index (κ2) is 30.7. The highest BCUT2D eigenvalue weighted by Gasteiger charge is 2.35. The lowest BCUT2D eigenvalue weighted by Crippen LogP contribution is -2.58. The van der Waals surface area contributed by atoms with Crippen LogP contribution in [0.15, 0.2) is 64.7 Å². The first-order valence-electron chi connectivity index (χ1n) is 25.6. The number of primary amides is 1. The fourth-order valence-electron chi connectivity index (χ4n) is 8.82. The Labute approximate surface area is 451 Å². The van der Waals surface area contributed by atoms with Crippen molar-refractivity contribution in [3.63, 3.8) is 0 Å². The maximum absolute atomic E-state index is 14.8. The Kier molecular flexibility index (Phi) is 24.6. The lowest BCUT2D eigenvalue weighted by molar-refractivity contribution is -0.135. The molecule has 1 saturated heterocycles. The van der Waals surface area contributed by atoms with Crippen molar-refractivity contribution in [2.24, 2.45) is 50.5 Å². The summed E-state index contributed by atoms with van der Waals surface area (Å²) < 4.78 is 39.3. The van der Waals surface area contributed by atoms with E-state index >= 15 is 0 Å². The maximum atomic E-state index is 14.8. The van der Waals surface area contributed by atoms with Gasteiger partial charge in [0, 0.05) is 81.0 Å². The van der Waals surface area contributed by atoms with Crippen molar-refractivity contribution in [2.75, 3.05) is 31.6 Å². The Morgan fingerprint density at radius 2 is 1.42 bits per heavy atom. The van der Waals surface area contributed by atoms with Crippen LogP contribution in [0.25, 0.3) is 10.9 Å². The van der Waals surface area contributed by atoms with Crippen LogP contribution < -0.4 is 60.6 Å². The predicted octanol–water partition coefficient (Wildman–Crippen LogP) is -1.60. The zero-order valence-corrected chi connectivity index (χ0v) is 44.6. The van der Waals surface area contributed by atoms with Crippen molar-refractivity contribution in [1.29, 1.82) is 0 Å². The number of carbonyl (C=O) groups excluding carboxylic acids is 9. The van der Waals surface area contributed by atoms with Crippen LogP contribution in [0.3, 0.4) is 0 Å². The van der Waals surface area contributed by atoms with Crippen LogP contribution in [0.2, 0.25) is 0 Å². The van der Waals surface area contributed by atoms with Gasteiger partial charge in [0.2, 0.25) is 41.4 Å². The number of aromatic amines is 1. The van der Waals surface area contributed by atoms with E-state index in [2.05, 4.69) is 46.9 Å². The highest BCUT2D eigenvalue weighted by molar-refractivity contribution is 7.90. The van der Waals surface area contributed by atoms with Crippen LogP contribution in [0.5, 0.6) is 0 Å². The average Bonchev–Trinajstić information content (AvgIpc) is 3.79. The molecular formula is C51H73FN14O11S. The number of H-pyrrole nitrogens is 1. The number of benzene rings is 2. The molecule has 1 aromatic heterocycles. The molecule has 0 aliphatic carbocycles. The molecule has 78 heavy (non-hydrogen) atoms. The first kappa shape index (κ1) is 62.6. The Morgan fingerprint density at radius 3 is 2.08 bits per heavy atom. The summed E-state index contributed by atoms with van der Waals surface area (Å²) in [6, 6.07) is 4.93. The van der Waals surface area contributed by atoms with Crippen LogP contribution in [0.1, 0.15) is 88.7 Å². The molecule has 27 heteroatoms. The van der Waals surface area contributed by atoms with Crippen LogP contribution in [0.4, 0.5) is 4.39 Å². The topological polar surface area (TPSA) is 431 Å². The Balaban J connectivity index is 1.82. The van der Waals surface area contributed by atoms with E-state index in [0.717, 1.165) is 36.2 Å². The monoisotopic (exact) mass is 1110 g/mol. The molecule has 0 saturated carbocycles. The van der Waals surface area contributed by atoms with Gasteiger partial charge in [0.15, 0.2) is 17.7 Å². The second-order valence-electron chi connectivity index (χ2n) is 19.4. The first-order valence-corrected chi connectivity index (χ1v) is 27.6. The first-order chi connectivity index (χ1) is 36.9. The SMILES string of the molecule is CC(=O)N[C@@H](CCCN=C(N)N)C(=O)N[C@H]1CCC(=O)NCCC[C@@H](C(N)=O)NC(=O)[C@H](Cc2c[nH]c3ccccc23)CC(=O)[C@H](CCCN=C(N)N)CC(=O)[C@@H](Cc2ccc(F)cc2)NC(=O)[C@H](CCS(C)(=O)=O)NC1=O. The molecular weight excluding hydrogens is 1040 g/mol. The highest BCUT2D eigenvalue weighted by atomic mass is 32.2. The van der Waals surface area contributed by atoms with Gasteiger partial charge < -0.3 is 65.6 Å². The number of aromatic nitrogens is 1. The quantitative estimate of drug-likeness (QED) is 0.0366. The number of nitrogens with one attached hydrogen (secondary N) is 7. The van der Waals surface area contributed by atoms with Crippen molar-refractivity contribution >= 4 is 85.6 Å². The van der Waals surface area contributed by atoms with Crippen molar-refractivity contribution in [3.8, 4) is 0 Å². The number of ketones is 2. The molecule has 25 nitrogen and oxygen atoms in total. The zero-order chi connectivity index (χ0) is 57.5.